The number of nitrogens with one attached hydrogen (secondary N) is 1. The third-order valence-corrected chi connectivity index (χ3v) is 4.48. The normalized spacial score (nSPS) is 17.6. The Hall–Kier alpha value is -1.32. The van der Waals surface area contributed by atoms with Gasteiger partial charge in [0.05, 0.1) is 18.2 Å². The molecule has 148 valence electrons. The minimum Gasteiger partial charge on any atom is -0.466 e. The SMILES string of the molecule is CCNC(=NCCc1c(C)noc1C)N1CCCC(C(=O)OCC)C1.I. The summed E-state index contributed by atoms with van der Waals surface area (Å²) in [6.45, 7) is 11.2. The van der Waals surface area contributed by atoms with Crippen LogP contribution in [0.4, 0.5) is 0 Å². The Morgan fingerprint density at radius 1 is 1.42 bits per heavy atom. The van der Waals surface area contributed by atoms with Crippen molar-refractivity contribution in [2.75, 3.05) is 32.8 Å². The highest BCUT2D eigenvalue weighted by molar-refractivity contribution is 14.0. The number of aryl methyl sites for hydroxylation is 2. The molecule has 1 N–H and O–H groups in total. The number of piperidine rings is 1. The molecule has 1 aromatic heterocycles. The van der Waals surface area contributed by atoms with Crippen LogP contribution in [0.1, 0.15) is 43.7 Å². The Labute approximate surface area is 172 Å². The number of carbonyl (C=O) groups excluding carboxylic acids is 1. The van der Waals surface area contributed by atoms with Crippen LogP contribution in [0.2, 0.25) is 0 Å². The number of aromatic nitrogens is 1. The summed E-state index contributed by atoms with van der Waals surface area (Å²) >= 11 is 0. The van der Waals surface area contributed by atoms with Crippen LogP contribution in [-0.2, 0) is 16.0 Å². The maximum Gasteiger partial charge on any atom is 0.310 e. The van der Waals surface area contributed by atoms with Crippen LogP contribution in [0.25, 0.3) is 0 Å². The summed E-state index contributed by atoms with van der Waals surface area (Å²) in [7, 11) is 0. The minimum atomic E-state index is -0.0984. The number of halogens is 1. The number of hydrogen-bond acceptors (Lipinski definition) is 5. The van der Waals surface area contributed by atoms with Gasteiger partial charge in [-0.15, -0.1) is 24.0 Å². The number of esters is 1. The Balaban J connectivity index is 0.00000338. The molecular formula is C18H31IN4O3. The Kier molecular flexibility index (Phi) is 9.97. The Morgan fingerprint density at radius 3 is 2.81 bits per heavy atom. The minimum absolute atomic E-state index is 0. The zero-order valence-electron chi connectivity index (χ0n) is 16.2. The molecule has 7 nitrogen and oxygen atoms in total. The predicted octanol–water partition coefficient (Wildman–Crippen LogP) is 2.69. The van der Waals surface area contributed by atoms with Crippen molar-refractivity contribution in [3.8, 4) is 0 Å². The fourth-order valence-electron chi connectivity index (χ4n) is 3.18. The van der Waals surface area contributed by atoms with Gasteiger partial charge in [0.1, 0.15) is 5.76 Å². The van der Waals surface area contributed by atoms with Crippen molar-refractivity contribution in [3.05, 3.63) is 17.0 Å². The second-order valence-corrected chi connectivity index (χ2v) is 6.33. The molecule has 0 aromatic carbocycles. The van der Waals surface area contributed by atoms with E-state index >= 15 is 0 Å². The average molecular weight is 478 g/mol. The summed E-state index contributed by atoms with van der Waals surface area (Å²) in [5, 5.41) is 7.32. The number of likely N-dealkylation sites (tertiary alicyclic amines) is 1. The van der Waals surface area contributed by atoms with Gasteiger partial charge in [-0.25, -0.2) is 0 Å². The van der Waals surface area contributed by atoms with Gasteiger partial charge in [-0.1, -0.05) is 5.16 Å². The summed E-state index contributed by atoms with van der Waals surface area (Å²) in [5.74, 6) is 1.56. The first-order valence-corrected chi connectivity index (χ1v) is 9.18. The molecule has 2 rings (SSSR count). The number of hydrogen-bond donors (Lipinski definition) is 1. The summed E-state index contributed by atoms with van der Waals surface area (Å²) < 4.78 is 10.4. The second-order valence-electron chi connectivity index (χ2n) is 6.33. The molecule has 0 spiro atoms. The third kappa shape index (κ3) is 6.14. The first kappa shape index (κ1) is 22.7. The van der Waals surface area contributed by atoms with Gasteiger partial charge in [0.15, 0.2) is 5.96 Å². The molecule has 1 aliphatic rings. The maximum atomic E-state index is 12.0. The quantitative estimate of drug-likeness (QED) is 0.293. The van der Waals surface area contributed by atoms with Gasteiger partial charge < -0.3 is 19.5 Å². The summed E-state index contributed by atoms with van der Waals surface area (Å²) in [6, 6.07) is 0. The number of nitrogens with zero attached hydrogens (tertiary/aromatic N) is 3. The summed E-state index contributed by atoms with van der Waals surface area (Å²) in [5.41, 5.74) is 2.06. The van der Waals surface area contributed by atoms with E-state index in [0.29, 0.717) is 19.7 Å². The van der Waals surface area contributed by atoms with Crippen LogP contribution in [0, 0.1) is 19.8 Å². The van der Waals surface area contributed by atoms with Crippen LogP contribution in [0.5, 0.6) is 0 Å². The van der Waals surface area contributed by atoms with E-state index in [-0.39, 0.29) is 35.9 Å². The largest absolute Gasteiger partial charge is 0.466 e. The number of rotatable bonds is 6. The van der Waals surface area contributed by atoms with E-state index < -0.39 is 0 Å². The number of aliphatic imine (C=N–C) groups is 1. The standard InChI is InChI=1S/C18H30N4O3.HI/c1-5-19-18(20-10-9-16-13(3)21-25-14(16)4)22-11-7-8-15(12-22)17(23)24-6-2;/h15H,5-12H2,1-4H3,(H,19,20);1H. The molecule has 1 aromatic rings. The molecule has 1 saturated heterocycles. The summed E-state index contributed by atoms with van der Waals surface area (Å²) in [4.78, 5) is 19.0. The molecule has 2 heterocycles. The lowest BCUT2D eigenvalue weighted by atomic mass is 9.98. The monoisotopic (exact) mass is 478 g/mol. The van der Waals surface area contributed by atoms with Crippen molar-refractivity contribution >= 4 is 35.9 Å². The van der Waals surface area contributed by atoms with Crippen molar-refractivity contribution in [2.45, 2.75) is 47.0 Å². The van der Waals surface area contributed by atoms with Gasteiger partial charge in [-0.2, -0.15) is 0 Å². The molecule has 1 unspecified atom stereocenters. The van der Waals surface area contributed by atoms with Gasteiger partial charge in [-0.05, 0) is 47.0 Å². The fourth-order valence-corrected chi connectivity index (χ4v) is 3.18. The Bertz CT molecular complexity index is 584. The molecule has 0 aliphatic carbocycles. The molecule has 0 bridgehead atoms. The van der Waals surface area contributed by atoms with E-state index in [0.717, 1.165) is 55.3 Å². The average Bonchev–Trinajstić information content (AvgIpc) is 2.93. The smallest absolute Gasteiger partial charge is 0.310 e. The van der Waals surface area contributed by atoms with Crippen molar-refractivity contribution < 1.29 is 14.1 Å². The highest BCUT2D eigenvalue weighted by Gasteiger charge is 2.28. The fraction of sp³-hybridized carbons (Fsp3) is 0.722. The zero-order valence-corrected chi connectivity index (χ0v) is 18.5. The Morgan fingerprint density at radius 2 is 2.19 bits per heavy atom. The lowest BCUT2D eigenvalue weighted by molar-refractivity contribution is -0.149. The van der Waals surface area contributed by atoms with E-state index in [1.54, 1.807) is 0 Å². The van der Waals surface area contributed by atoms with Gasteiger partial charge in [0.25, 0.3) is 0 Å². The summed E-state index contributed by atoms with van der Waals surface area (Å²) in [6.07, 6.45) is 2.65. The van der Waals surface area contributed by atoms with Crippen molar-refractivity contribution in [1.29, 1.82) is 0 Å². The van der Waals surface area contributed by atoms with Crippen LogP contribution >= 0.6 is 24.0 Å². The molecular weight excluding hydrogens is 447 g/mol. The van der Waals surface area contributed by atoms with Gasteiger partial charge >= 0.3 is 5.97 Å². The van der Waals surface area contributed by atoms with Gasteiger partial charge in [0, 0.05) is 31.7 Å². The third-order valence-electron chi connectivity index (χ3n) is 4.48. The van der Waals surface area contributed by atoms with Crippen LogP contribution in [-0.4, -0.2) is 54.8 Å². The molecule has 26 heavy (non-hydrogen) atoms. The molecule has 1 aliphatic heterocycles. The van der Waals surface area contributed by atoms with E-state index in [1.807, 2.05) is 20.8 Å². The van der Waals surface area contributed by atoms with Gasteiger partial charge in [0.2, 0.25) is 0 Å². The van der Waals surface area contributed by atoms with E-state index in [1.165, 1.54) is 0 Å². The first-order valence-electron chi connectivity index (χ1n) is 9.18. The highest BCUT2D eigenvalue weighted by Crippen LogP contribution is 2.18. The molecule has 1 atom stereocenters. The number of carbonyl (C=O) groups is 1. The number of guanidine groups is 1. The highest BCUT2D eigenvalue weighted by atomic mass is 127. The van der Waals surface area contributed by atoms with E-state index in [4.69, 9.17) is 14.3 Å². The molecule has 8 heteroatoms. The van der Waals surface area contributed by atoms with Crippen LogP contribution < -0.4 is 5.32 Å². The molecule has 0 amide bonds. The lowest BCUT2D eigenvalue weighted by Gasteiger charge is -2.34. The second kappa shape index (κ2) is 11.4. The predicted molar refractivity (Wildman–Crippen MR) is 112 cm³/mol. The van der Waals surface area contributed by atoms with Crippen LogP contribution in [0.3, 0.4) is 0 Å². The molecule has 0 saturated carbocycles. The maximum absolute atomic E-state index is 12.0. The lowest BCUT2D eigenvalue weighted by Crippen LogP contribution is -2.48. The van der Waals surface area contributed by atoms with Crippen molar-refractivity contribution in [2.24, 2.45) is 10.9 Å². The molecule has 1 fully saturated rings. The van der Waals surface area contributed by atoms with Gasteiger partial charge in [-0.3, -0.25) is 9.79 Å². The zero-order chi connectivity index (χ0) is 18.2. The molecule has 0 radical (unpaired) electrons. The van der Waals surface area contributed by atoms with Crippen LogP contribution in [0.15, 0.2) is 9.52 Å². The van der Waals surface area contributed by atoms with E-state index in [2.05, 4.69) is 22.3 Å². The topological polar surface area (TPSA) is 80.0 Å². The van der Waals surface area contributed by atoms with Crippen molar-refractivity contribution in [1.82, 2.24) is 15.4 Å². The first-order chi connectivity index (χ1) is 12.1. The van der Waals surface area contributed by atoms with E-state index in [9.17, 15) is 4.79 Å². The van der Waals surface area contributed by atoms with Crippen molar-refractivity contribution in [3.63, 3.8) is 0 Å². The number of ether oxygens (including phenoxy) is 1.